The van der Waals surface area contributed by atoms with Gasteiger partial charge in [-0.15, -0.1) is 0 Å². The number of nitrogens with one attached hydrogen (secondary N) is 2. The number of carbonyl (C=O) groups excluding carboxylic acids is 2. The fourth-order valence-corrected chi connectivity index (χ4v) is 3.58. The number of ether oxygens (including phenoxy) is 2. The number of methoxy groups -OCH3 is 1. The van der Waals surface area contributed by atoms with Crippen molar-refractivity contribution in [3.63, 3.8) is 0 Å². The Kier molecular flexibility index (Phi) is 8.15. The Bertz CT molecular complexity index is 704. The highest BCUT2D eigenvalue weighted by molar-refractivity contribution is 5.90. The number of rotatable bonds is 8. The highest BCUT2D eigenvalue weighted by Gasteiger charge is 2.37. The summed E-state index contributed by atoms with van der Waals surface area (Å²) in [5, 5.41) is 5.87. The van der Waals surface area contributed by atoms with Crippen molar-refractivity contribution in [3.8, 4) is 5.75 Å². The number of hydrogen-bond donors (Lipinski definition) is 2. The molecule has 0 aliphatic carbocycles. The van der Waals surface area contributed by atoms with Crippen LogP contribution in [-0.4, -0.2) is 98.9 Å². The summed E-state index contributed by atoms with van der Waals surface area (Å²) in [6, 6.07) is 7.07. The second kappa shape index (κ2) is 11.0. The summed E-state index contributed by atoms with van der Waals surface area (Å²) in [6.07, 6.45) is 0.892. The predicted molar refractivity (Wildman–Crippen MR) is 115 cm³/mol. The van der Waals surface area contributed by atoms with Gasteiger partial charge in [-0.2, -0.15) is 0 Å². The third-order valence-electron chi connectivity index (χ3n) is 5.46. The zero-order valence-corrected chi connectivity index (χ0v) is 17.9. The van der Waals surface area contributed by atoms with Crippen LogP contribution < -0.4 is 15.4 Å². The van der Waals surface area contributed by atoms with Crippen molar-refractivity contribution in [2.75, 3.05) is 71.5 Å². The van der Waals surface area contributed by atoms with Crippen LogP contribution in [0.3, 0.4) is 0 Å². The Morgan fingerprint density at radius 1 is 1.27 bits per heavy atom. The normalized spacial score (nSPS) is 17.2. The third-order valence-corrected chi connectivity index (χ3v) is 5.46. The molecule has 2 fully saturated rings. The molecule has 30 heavy (non-hydrogen) atoms. The van der Waals surface area contributed by atoms with Crippen molar-refractivity contribution in [1.82, 2.24) is 20.0 Å². The van der Waals surface area contributed by atoms with E-state index < -0.39 is 0 Å². The molecule has 2 aliphatic rings. The second-order valence-corrected chi connectivity index (χ2v) is 7.60. The van der Waals surface area contributed by atoms with E-state index in [4.69, 9.17) is 9.47 Å². The summed E-state index contributed by atoms with van der Waals surface area (Å²) >= 11 is 0. The van der Waals surface area contributed by atoms with Gasteiger partial charge in [0, 0.05) is 57.6 Å². The van der Waals surface area contributed by atoms with E-state index in [0.717, 1.165) is 39.3 Å². The van der Waals surface area contributed by atoms with E-state index in [9.17, 15) is 9.59 Å². The van der Waals surface area contributed by atoms with Crippen molar-refractivity contribution < 1.29 is 19.1 Å². The zero-order valence-electron chi connectivity index (χ0n) is 17.9. The van der Waals surface area contributed by atoms with Gasteiger partial charge in [0.15, 0.2) is 0 Å². The minimum Gasteiger partial charge on any atom is -0.497 e. The quantitative estimate of drug-likeness (QED) is 0.669. The predicted octanol–water partition coefficient (Wildman–Crippen LogP) is 1.67. The maximum Gasteiger partial charge on any atom is 0.321 e. The molecule has 0 aromatic heterocycles. The van der Waals surface area contributed by atoms with E-state index in [2.05, 4.69) is 15.5 Å². The van der Waals surface area contributed by atoms with Gasteiger partial charge in [-0.3, -0.25) is 4.90 Å². The molecule has 0 atom stereocenters. The summed E-state index contributed by atoms with van der Waals surface area (Å²) in [5.74, 6) is 0.691. The van der Waals surface area contributed by atoms with Crippen LogP contribution in [0.1, 0.15) is 13.3 Å². The summed E-state index contributed by atoms with van der Waals surface area (Å²) in [6.45, 7) is 8.46. The number of benzene rings is 1. The topological polar surface area (TPSA) is 86.4 Å². The number of urea groups is 2. The van der Waals surface area contributed by atoms with E-state index in [-0.39, 0.29) is 18.1 Å². The number of anilines is 1. The minimum atomic E-state index is -0.165. The summed E-state index contributed by atoms with van der Waals surface area (Å²) in [4.78, 5) is 31.1. The van der Waals surface area contributed by atoms with Crippen LogP contribution in [0.4, 0.5) is 15.3 Å². The van der Waals surface area contributed by atoms with Gasteiger partial charge in [0.25, 0.3) is 0 Å². The van der Waals surface area contributed by atoms with Crippen LogP contribution in [0.2, 0.25) is 0 Å². The first-order valence-corrected chi connectivity index (χ1v) is 10.6. The zero-order chi connectivity index (χ0) is 21.3. The second-order valence-electron chi connectivity index (χ2n) is 7.60. The van der Waals surface area contributed by atoms with Crippen molar-refractivity contribution in [3.05, 3.63) is 24.3 Å². The van der Waals surface area contributed by atoms with Crippen LogP contribution in [0, 0.1) is 0 Å². The summed E-state index contributed by atoms with van der Waals surface area (Å²) in [5.41, 5.74) is 0.688. The molecule has 0 bridgehead atoms. The number of carbonyl (C=O) groups is 2. The van der Waals surface area contributed by atoms with Gasteiger partial charge in [0.1, 0.15) is 5.75 Å². The molecular formula is C21H33N5O4. The first-order valence-electron chi connectivity index (χ1n) is 10.6. The van der Waals surface area contributed by atoms with E-state index >= 15 is 0 Å². The van der Waals surface area contributed by atoms with Crippen LogP contribution in [0.15, 0.2) is 24.3 Å². The lowest BCUT2D eigenvalue weighted by Gasteiger charge is -2.45. The molecule has 2 saturated heterocycles. The molecule has 9 nitrogen and oxygen atoms in total. The van der Waals surface area contributed by atoms with Crippen LogP contribution in [0.5, 0.6) is 5.75 Å². The van der Waals surface area contributed by atoms with Crippen molar-refractivity contribution in [2.24, 2.45) is 0 Å². The van der Waals surface area contributed by atoms with Crippen LogP contribution in [-0.2, 0) is 4.74 Å². The van der Waals surface area contributed by atoms with E-state index in [1.54, 1.807) is 18.1 Å². The summed E-state index contributed by atoms with van der Waals surface area (Å²) in [7, 11) is 1.59. The Morgan fingerprint density at radius 2 is 2.03 bits per heavy atom. The molecular weight excluding hydrogens is 386 g/mol. The van der Waals surface area contributed by atoms with Gasteiger partial charge in [-0.1, -0.05) is 13.0 Å². The Hall–Kier alpha value is -2.52. The summed E-state index contributed by atoms with van der Waals surface area (Å²) < 4.78 is 10.6. The van der Waals surface area contributed by atoms with Gasteiger partial charge in [-0.25, -0.2) is 9.59 Å². The molecule has 3 rings (SSSR count). The molecule has 0 saturated carbocycles. The van der Waals surface area contributed by atoms with Gasteiger partial charge in [0.2, 0.25) is 0 Å². The molecule has 9 heteroatoms. The lowest BCUT2D eigenvalue weighted by molar-refractivity contribution is 0.0266. The molecule has 0 unspecified atom stereocenters. The number of nitrogens with zero attached hydrogens (tertiary/aromatic N) is 3. The fourth-order valence-electron chi connectivity index (χ4n) is 3.58. The van der Waals surface area contributed by atoms with Gasteiger partial charge < -0.3 is 29.9 Å². The van der Waals surface area contributed by atoms with Crippen molar-refractivity contribution in [1.29, 1.82) is 0 Å². The third kappa shape index (κ3) is 5.99. The standard InChI is InChI=1S/C21H33N5O4/c1-3-7-22-20(27)26(9-8-24-10-12-30-13-11-24)18-15-25(16-18)21(28)23-17-5-4-6-19(14-17)29-2/h4-6,14,18H,3,7-13,15-16H2,1-2H3,(H,22,27)(H,23,28). The van der Waals surface area contributed by atoms with Gasteiger partial charge in [0.05, 0.1) is 26.4 Å². The van der Waals surface area contributed by atoms with E-state index in [1.165, 1.54) is 0 Å². The number of morpholine rings is 1. The first kappa shape index (κ1) is 22.2. The van der Waals surface area contributed by atoms with E-state index in [1.807, 2.05) is 30.0 Å². The Labute approximate surface area is 178 Å². The fraction of sp³-hybridized carbons (Fsp3) is 0.619. The molecule has 166 valence electrons. The average Bonchev–Trinajstić information content (AvgIpc) is 2.74. The monoisotopic (exact) mass is 419 g/mol. The lowest BCUT2D eigenvalue weighted by atomic mass is 10.1. The molecule has 1 aromatic rings. The molecule has 2 heterocycles. The maximum absolute atomic E-state index is 12.7. The highest BCUT2D eigenvalue weighted by atomic mass is 16.5. The smallest absolute Gasteiger partial charge is 0.321 e. The molecule has 2 N–H and O–H groups in total. The number of hydrogen-bond acceptors (Lipinski definition) is 5. The van der Waals surface area contributed by atoms with Gasteiger partial charge >= 0.3 is 12.1 Å². The molecule has 2 aliphatic heterocycles. The molecule has 0 radical (unpaired) electrons. The number of likely N-dealkylation sites (tertiary alicyclic amines) is 1. The van der Waals surface area contributed by atoms with Crippen molar-refractivity contribution in [2.45, 2.75) is 19.4 Å². The number of amides is 4. The SMILES string of the molecule is CCCNC(=O)N(CCN1CCOCC1)C1CN(C(=O)Nc2cccc(OC)c2)C1. The van der Waals surface area contributed by atoms with Gasteiger partial charge in [-0.05, 0) is 18.6 Å². The van der Waals surface area contributed by atoms with Crippen molar-refractivity contribution >= 4 is 17.7 Å². The molecule has 1 aromatic carbocycles. The van der Waals surface area contributed by atoms with Crippen LogP contribution in [0.25, 0.3) is 0 Å². The maximum atomic E-state index is 12.7. The molecule has 4 amide bonds. The lowest BCUT2D eigenvalue weighted by Crippen LogP contribution is -2.65. The first-order chi connectivity index (χ1) is 14.6. The largest absolute Gasteiger partial charge is 0.497 e. The Morgan fingerprint density at radius 3 is 2.73 bits per heavy atom. The highest BCUT2D eigenvalue weighted by Crippen LogP contribution is 2.20. The molecule has 0 spiro atoms. The van der Waals surface area contributed by atoms with E-state index in [0.29, 0.717) is 37.6 Å². The minimum absolute atomic E-state index is 0.0268. The Balaban J connectivity index is 1.51. The van der Waals surface area contributed by atoms with Crippen LogP contribution >= 0.6 is 0 Å². The average molecular weight is 420 g/mol.